The predicted octanol–water partition coefficient (Wildman–Crippen LogP) is -0.0361. The van der Waals surface area contributed by atoms with Gasteiger partial charge in [0.15, 0.2) is 0 Å². The van der Waals surface area contributed by atoms with E-state index in [-0.39, 0.29) is 25.3 Å². The number of rotatable bonds is 8. The smallest absolute Gasteiger partial charge is 0.230 e. The molecule has 2 aliphatic carbocycles. The molecule has 0 radical (unpaired) electrons. The largest absolute Gasteiger partial charge is 0.353 e. The number of nitrogens with zero attached hydrogens (tertiary/aromatic N) is 2. The van der Waals surface area contributed by atoms with Crippen LogP contribution in [0.25, 0.3) is 0 Å². The normalized spacial score (nSPS) is 30.2. The SMILES string of the molecule is CC(C)[C@](C)(CNC(=O)[C@@H]1C[C@@H]1[N+](=O)[O-])NC(=O)[C@@H]1C[C@H]1[N+](=O)[O-]. The number of carbonyl (C=O) groups excluding carboxylic acids is 2. The highest BCUT2D eigenvalue weighted by Gasteiger charge is 2.55. The van der Waals surface area contributed by atoms with E-state index in [1.54, 1.807) is 6.92 Å². The molecule has 0 aliphatic heterocycles. The Hall–Kier alpha value is -2.26. The Morgan fingerprint density at radius 2 is 1.54 bits per heavy atom. The van der Waals surface area contributed by atoms with Crippen LogP contribution < -0.4 is 10.6 Å². The van der Waals surface area contributed by atoms with E-state index in [9.17, 15) is 29.8 Å². The zero-order chi connectivity index (χ0) is 18.2. The van der Waals surface area contributed by atoms with Crippen LogP contribution >= 0.6 is 0 Å². The molecule has 2 fully saturated rings. The molecule has 5 atom stereocenters. The summed E-state index contributed by atoms with van der Waals surface area (Å²) in [6, 6.07) is -1.65. The standard InChI is InChI=1S/C14H22N4O6/c1-7(2)14(3,16-13(20)9-5-11(9)18(23)24)6-15-12(19)8-4-10(8)17(21)22/h7-11H,4-6H2,1-3H3,(H,15,19)(H,16,20)/t8-,9-,10+,11-,14+/m1/s1. The summed E-state index contributed by atoms with van der Waals surface area (Å²) in [5.41, 5.74) is -0.782. The second-order valence-electron chi connectivity index (χ2n) is 7.17. The molecule has 2 amide bonds. The predicted molar refractivity (Wildman–Crippen MR) is 82.2 cm³/mol. The lowest BCUT2D eigenvalue weighted by molar-refractivity contribution is -0.497. The molecule has 0 spiro atoms. The Labute approximate surface area is 138 Å². The lowest BCUT2D eigenvalue weighted by atomic mass is 9.88. The maximum Gasteiger partial charge on any atom is 0.230 e. The molecule has 0 aromatic rings. The lowest BCUT2D eigenvalue weighted by Crippen LogP contribution is -2.57. The molecule has 0 bridgehead atoms. The third-order valence-electron chi connectivity index (χ3n) is 5.04. The van der Waals surface area contributed by atoms with Crippen molar-refractivity contribution in [2.45, 2.75) is 51.2 Å². The van der Waals surface area contributed by atoms with E-state index in [4.69, 9.17) is 0 Å². The fraction of sp³-hybridized carbons (Fsp3) is 0.857. The first kappa shape index (κ1) is 18.1. The van der Waals surface area contributed by atoms with Gasteiger partial charge in [0.1, 0.15) is 11.8 Å². The third kappa shape index (κ3) is 3.80. The molecule has 0 aromatic carbocycles. The molecule has 10 heteroatoms. The molecule has 2 N–H and O–H groups in total. The van der Waals surface area contributed by atoms with Crippen molar-refractivity contribution >= 4 is 11.8 Å². The van der Waals surface area contributed by atoms with E-state index < -0.39 is 51.1 Å². The first-order valence-electron chi connectivity index (χ1n) is 7.93. The van der Waals surface area contributed by atoms with Gasteiger partial charge in [-0.25, -0.2) is 0 Å². The van der Waals surface area contributed by atoms with E-state index in [0.29, 0.717) is 0 Å². The molecule has 10 nitrogen and oxygen atoms in total. The Bertz CT molecular complexity index is 580. The van der Waals surface area contributed by atoms with Crippen molar-refractivity contribution in [3.05, 3.63) is 20.2 Å². The van der Waals surface area contributed by atoms with Crippen LogP contribution in [0.3, 0.4) is 0 Å². The van der Waals surface area contributed by atoms with Crippen molar-refractivity contribution in [2.24, 2.45) is 17.8 Å². The van der Waals surface area contributed by atoms with Crippen molar-refractivity contribution in [1.82, 2.24) is 10.6 Å². The van der Waals surface area contributed by atoms with Crippen molar-refractivity contribution < 1.29 is 19.4 Å². The molecule has 0 aromatic heterocycles. The van der Waals surface area contributed by atoms with E-state index in [1.165, 1.54) is 0 Å². The van der Waals surface area contributed by atoms with Gasteiger partial charge in [0.2, 0.25) is 23.9 Å². The van der Waals surface area contributed by atoms with Crippen LogP contribution in [-0.2, 0) is 9.59 Å². The minimum atomic E-state index is -0.830. The summed E-state index contributed by atoms with van der Waals surface area (Å²) in [5, 5.41) is 26.7. The molecule has 24 heavy (non-hydrogen) atoms. The van der Waals surface area contributed by atoms with Gasteiger partial charge in [-0.2, -0.15) is 0 Å². The molecule has 2 saturated carbocycles. The van der Waals surface area contributed by atoms with E-state index >= 15 is 0 Å². The number of nitro groups is 2. The number of amides is 2. The summed E-state index contributed by atoms with van der Waals surface area (Å²) in [7, 11) is 0. The van der Waals surface area contributed by atoms with E-state index in [0.717, 1.165) is 0 Å². The highest BCUT2D eigenvalue weighted by molar-refractivity contribution is 5.83. The average Bonchev–Trinajstić information content (AvgIpc) is 3.36. The van der Waals surface area contributed by atoms with Gasteiger partial charge in [-0.1, -0.05) is 13.8 Å². The van der Waals surface area contributed by atoms with Crippen LogP contribution in [0.5, 0.6) is 0 Å². The molecule has 0 unspecified atom stereocenters. The Kier molecular flexibility index (Phi) is 4.77. The Morgan fingerprint density at radius 1 is 1.08 bits per heavy atom. The Morgan fingerprint density at radius 3 is 1.92 bits per heavy atom. The maximum atomic E-state index is 12.2. The summed E-state index contributed by atoms with van der Waals surface area (Å²) in [4.78, 5) is 44.5. The van der Waals surface area contributed by atoms with Gasteiger partial charge in [-0.05, 0) is 12.8 Å². The number of hydrogen-bond acceptors (Lipinski definition) is 6. The molecule has 134 valence electrons. The third-order valence-corrected chi connectivity index (χ3v) is 5.04. The number of hydrogen-bond donors (Lipinski definition) is 2. The zero-order valence-electron chi connectivity index (χ0n) is 13.9. The maximum absolute atomic E-state index is 12.2. The highest BCUT2D eigenvalue weighted by atomic mass is 16.6. The van der Waals surface area contributed by atoms with Gasteiger partial charge >= 0.3 is 0 Å². The van der Waals surface area contributed by atoms with Crippen molar-refractivity contribution in [1.29, 1.82) is 0 Å². The monoisotopic (exact) mass is 342 g/mol. The van der Waals surface area contributed by atoms with Crippen LogP contribution in [0.1, 0.15) is 33.6 Å². The van der Waals surface area contributed by atoms with Crippen LogP contribution in [0.15, 0.2) is 0 Å². The summed E-state index contributed by atoms with van der Waals surface area (Å²) in [5.74, 6) is -2.07. The van der Waals surface area contributed by atoms with Gasteiger partial charge < -0.3 is 10.6 Å². The molecule has 0 saturated heterocycles. The second-order valence-corrected chi connectivity index (χ2v) is 7.17. The molecule has 2 aliphatic rings. The van der Waals surface area contributed by atoms with Gasteiger partial charge in [-0.3, -0.25) is 29.8 Å². The van der Waals surface area contributed by atoms with Crippen molar-refractivity contribution in [3.63, 3.8) is 0 Å². The van der Waals surface area contributed by atoms with Gasteiger partial charge in [0.05, 0.1) is 5.54 Å². The van der Waals surface area contributed by atoms with Crippen LogP contribution in [0, 0.1) is 38.0 Å². The molecular formula is C14H22N4O6. The molecule has 0 heterocycles. The minimum Gasteiger partial charge on any atom is -0.353 e. The van der Waals surface area contributed by atoms with Crippen LogP contribution in [0.2, 0.25) is 0 Å². The molecular weight excluding hydrogens is 320 g/mol. The Balaban J connectivity index is 1.88. The lowest BCUT2D eigenvalue weighted by Gasteiger charge is -2.35. The minimum absolute atomic E-state index is 0.0416. The zero-order valence-corrected chi connectivity index (χ0v) is 13.9. The first-order chi connectivity index (χ1) is 11.1. The fourth-order valence-corrected chi connectivity index (χ4v) is 2.56. The fourth-order valence-electron chi connectivity index (χ4n) is 2.56. The number of nitrogens with one attached hydrogen (secondary N) is 2. The van der Waals surface area contributed by atoms with Crippen molar-refractivity contribution in [3.8, 4) is 0 Å². The van der Waals surface area contributed by atoms with Gasteiger partial charge in [0.25, 0.3) is 0 Å². The topological polar surface area (TPSA) is 144 Å². The van der Waals surface area contributed by atoms with Gasteiger partial charge in [0, 0.05) is 29.2 Å². The van der Waals surface area contributed by atoms with E-state index in [1.807, 2.05) is 13.8 Å². The summed E-state index contributed by atoms with van der Waals surface area (Å²) in [6.45, 7) is 5.59. The van der Waals surface area contributed by atoms with Crippen LogP contribution in [0.4, 0.5) is 0 Å². The summed E-state index contributed by atoms with van der Waals surface area (Å²) < 4.78 is 0. The molecule has 2 rings (SSSR count). The number of carbonyl (C=O) groups is 2. The van der Waals surface area contributed by atoms with Crippen molar-refractivity contribution in [2.75, 3.05) is 6.54 Å². The first-order valence-corrected chi connectivity index (χ1v) is 7.93. The second kappa shape index (κ2) is 6.33. The van der Waals surface area contributed by atoms with E-state index in [2.05, 4.69) is 10.6 Å². The van der Waals surface area contributed by atoms with Gasteiger partial charge in [-0.15, -0.1) is 0 Å². The highest BCUT2D eigenvalue weighted by Crippen LogP contribution is 2.35. The quantitative estimate of drug-likeness (QED) is 0.468. The summed E-state index contributed by atoms with van der Waals surface area (Å²) in [6.07, 6.45) is 0.460. The average molecular weight is 342 g/mol. The summed E-state index contributed by atoms with van der Waals surface area (Å²) >= 11 is 0. The van der Waals surface area contributed by atoms with Crippen LogP contribution in [-0.4, -0.2) is 45.8 Å².